The highest BCUT2D eigenvalue weighted by Crippen LogP contribution is 2.41. The Labute approximate surface area is 114 Å². The van der Waals surface area contributed by atoms with Crippen molar-refractivity contribution in [2.75, 3.05) is 7.11 Å². The molecule has 0 amide bonds. The number of allylic oxidation sites excluding steroid dienone is 3. The number of ketones is 2. The van der Waals surface area contributed by atoms with Crippen molar-refractivity contribution in [3.63, 3.8) is 0 Å². The Morgan fingerprint density at radius 3 is 2.26 bits per heavy atom. The summed E-state index contributed by atoms with van der Waals surface area (Å²) in [6.45, 7) is 7.45. The van der Waals surface area contributed by atoms with Crippen LogP contribution in [0.3, 0.4) is 0 Å². The number of nitrogens with two attached hydrogens (primary N) is 1. The van der Waals surface area contributed by atoms with Crippen LogP contribution in [0.15, 0.2) is 23.1 Å². The predicted molar refractivity (Wildman–Crippen MR) is 74.2 cm³/mol. The van der Waals surface area contributed by atoms with Gasteiger partial charge in [0.05, 0.1) is 12.5 Å². The monoisotopic (exact) mass is 265 g/mol. The van der Waals surface area contributed by atoms with Crippen molar-refractivity contribution in [1.82, 2.24) is 0 Å². The van der Waals surface area contributed by atoms with Crippen molar-refractivity contribution < 1.29 is 14.3 Å². The number of hydrogen-bond acceptors (Lipinski definition) is 4. The molecule has 1 aliphatic carbocycles. The number of carbonyl (C=O) groups excluding carboxylic acids is 2. The summed E-state index contributed by atoms with van der Waals surface area (Å²) in [5.74, 6) is -0.0870. The molecule has 0 aromatic heterocycles. The second-order valence-corrected chi connectivity index (χ2v) is 5.18. The van der Waals surface area contributed by atoms with Crippen LogP contribution in [0.5, 0.6) is 0 Å². The summed E-state index contributed by atoms with van der Waals surface area (Å²) < 4.78 is 5.30. The van der Waals surface area contributed by atoms with Gasteiger partial charge in [-0.05, 0) is 25.7 Å². The van der Waals surface area contributed by atoms with E-state index in [0.29, 0.717) is 17.6 Å². The zero-order valence-electron chi connectivity index (χ0n) is 12.4. The second kappa shape index (κ2) is 5.59. The van der Waals surface area contributed by atoms with Crippen LogP contribution in [-0.4, -0.2) is 18.7 Å². The Balaban J connectivity index is 3.59. The molecule has 19 heavy (non-hydrogen) atoms. The minimum atomic E-state index is -1.06. The van der Waals surface area contributed by atoms with Crippen molar-refractivity contribution >= 4 is 11.6 Å². The molecule has 0 radical (unpaired) electrons. The molecule has 2 atom stereocenters. The third-order valence-corrected chi connectivity index (χ3v) is 4.17. The minimum absolute atomic E-state index is 0.0547. The molecule has 1 aliphatic rings. The molecule has 0 aromatic rings. The average Bonchev–Trinajstić information content (AvgIpc) is 2.43. The van der Waals surface area contributed by atoms with Gasteiger partial charge in [0, 0.05) is 17.3 Å². The van der Waals surface area contributed by atoms with E-state index < -0.39 is 5.41 Å². The molecule has 0 aromatic carbocycles. The van der Waals surface area contributed by atoms with Gasteiger partial charge in [-0.1, -0.05) is 20.8 Å². The fraction of sp³-hybridized carbons (Fsp3) is 0.600. The van der Waals surface area contributed by atoms with Crippen LogP contribution in [0.2, 0.25) is 0 Å². The van der Waals surface area contributed by atoms with Crippen LogP contribution in [-0.2, 0) is 14.3 Å². The summed E-state index contributed by atoms with van der Waals surface area (Å²) in [4.78, 5) is 25.1. The summed E-state index contributed by atoms with van der Waals surface area (Å²) in [5, 5.41) is 0. The molecule has 0 bridgehead atoms. The zero-order chi connectivity index (χ0) is 14.8. The van der Waals surface area contributed by atoms with E-state index >= 15 is 0 Å². The maximum Gasteiger partial charge on any atom is 0.211 e. The first-order valence-corrected chi connectivity index (χ1v) is 6.68. The molecule has 0 spiro atoms. The molecule has 4 heteroatoms. The molecule has 0 saturated carbocycles. The zero-order valence-corrected chi connectivity index (χ0v) is 12.4. The van der Waals surface area contributed by atoms with Crippen LogP contribution in [0.1, 0.15) is 40.5 Å². The fourth-order valence-corrected chi connectivity index (χ4v) is 2.40. The lowest BCUT2D eigenvalue weighted by Gasteiger charge is -2.34. The highest BCUT2D eigenvalue weighted by atomic mass is 16.5. The van der Waals surface area contributed by atoms with E-state index in [0.717, 1.165) is 6.42 Å². The molecular weight excluding hydrogens is 242 g/mol. The molecule has 0 fully saturated rings. The first-order chi connectivity index (χ1) is 8.88. The Morgan fingerprint density at radius 2 is 1.89 bits per heavy atom. The maximum absolute atomic E-state index is 12.6. The molecular formula is C15H23NO3. The Morgan fingerprint density at radius 1 is 1.32 bits per heavy atom. The Hall–Kier alpha value is -1.58. The number of hydrogen-bond donors (Lipinski definition) is 1. The van der Waals surface area contributed by atoms with Gasteiger partial charge in [0.15, 0.2) is 11.5 Å². The molecule has 0 aliphatic heterocycles. The fourth-order valence-electron chi connectivity index (χ4n) is 2.40. The molecule has 106 valence electrons. The van der Waals surface area contributed by atoms with E-state index in [1.54, 1.807) is 6.92 Å². The lowest BCUT2D eigenvalue weighted by molar-refractivity contribution is -0.138. The van der Waals surface area contributed by atoms with Gasteiger partial charge in [-0.25, -0.2) is 0 Å². The van der Waals surface area contributed by atoms with E-state index in [9.17, 15) is 9.59 Å². The molecule has 0 heterocycles. The van der Waals surface area contributed by atoms with Crippen LogP contribution in [0.4, 0.5) is 0 Å². The minimum Gasteiger partial charge on any atom is -0.493 e. The van der Waals surface area contributed by atoms with Crippen molar-refractivity contribution in [3.8, 4) is 0 Å². The Kier molecular flexibility index (Phi) is 4.56. The first-order valence-electron chi connectivity index (χ1n) is 6.68. The second-order valence-electron chi connectivity index (χ2n) is 5.18. The summed E-state index contributed by atoms with van der Waals surface area (Å²) in [7, 11) is 1.47. The van der Waals surface area contributed by atoms with Crippen molar-refractivity contribution in [2.45, 2.75) is 40.5 Å². The van der Waals surface area contributed by atoms with Gasteiger partial charge in [-0.3, -0.25) is 9.59 Å². The molecule has 1 rings (SSSR count). The summed E-state index contributed by atoms with van der Waals surface area (Å²) in [5.41, 5.74) is 5.64. The van der Waals surface area contributed by atoms with Gasteiger partial charge < -0.3 is 10.5 Å². The van der Waals surface area contributed by atoms with Gasteiger partial charge in [0.1, 0.15) is 0 Å². The van der Waals surface area contributed by atoms with Crippen LogP contribution in [0, 0.1) is 11.3 Å². The molecule has 4 nitrogen and oxygen atoms in total. The van der Waals surface area contributed by atoms with Crippen LogP contribution in [0.25, 0.3) is 0 Å². The van der Waals surface area contributed by atoms with Gasteiger partial charge in [-0.2, -0.15) is 0 Å². The predicted octanol–water partition coefficient (Wildman–Crippen LogP) is 2.34. The summed E-state index contributed by atoms with van der Waals surface area (Å²) in [6.07, 6.45) is 2.55. The number of methoxy groups -OCH3 is 1. The van der Waals surface area contributed by atoms with E-state index in [2.05, 4.69) is 0 Å². The Bertz CT molecular complexity index is 462. The maximum atomic E-state index is 12.6. The van der Waals surface area contributed by atoms with Crippen molar-refractivity contribution in [3.05, 3.63) is 23.1 Å². The van der Waals surface area contributed by atoms with Gasteiger partial charge >= 0.3 is 0 Å². The quantitative estimate of drug-likeness (QED) is 0.625. The van der Waals surface area contributed by atoms with Gasteiger partial charge in [0.25, 0.3) is 0 Å². The van der Waals surface area contributed by atoms with Gasteiger partial charge in [0.2, 0.25) is 5.78 Å². The topological polar surface area (TPSA) is 69.4 Å². The number of carbonyl (C=O) groups is 2. The molecule has 0 saturated heterocycles. The molecule has 2 N–H and O–H groups in total. The third-order valence-electron chi connectivity index (χ3n) is 4.17. The smallest absolute Gasteiger partial charge is 0.211 e. The summed E-state index contributed by atoms with van der Waals surface area (Å²) >= 11 is 0. The normalized spacial score (nSPS) is 27.9. The lowest BCUT2D eigenvalue weighted by Crippen LogP contribution is -2.44. The van der Waals surface area contributed by atoms with E-state index in [1.807, 2.05) is 20.8 Å². The summed E-state index contributed by atoms with van der Waals surface area (Å²) in [6, 6.07) is 0. The highest BCUT2D eigenvalue weighted by Gasteiger charge is 2.49. The highest BCUT2D eigenvalue weighted by molar-refractivity contribution is 6.24. The SMILES string of the molecule is CC[C@H](C)C1=C(OC)C(=O)[C@@](C)(CC)C(=O)/C1=C\N. The molecule has 0 unspecified atom stereocenters. The third kappa shape index (κ3) is 2.20. The van der Waals surface area contributed by atoms with E-state index in [1.165, 1.54) is 13.3 Å². The number of ether oxygens (including phenoxy) is 1. The van der Waals surface area contributed by atoms with Crippen molar-refractivity contribution in [1.29, 1.82) is 0 Å². The van der Waals surface area contributed by atoms with Crippen molar-refractivity contribution in [2.24, 2.45) is 17.1 Å². The van der Waals surface area contributed by atoms with Gasteiger partial charge in [-0.15, -0.1) is 0 Å². The average molecular weight is 265 g/mol. The van der Waals surface area contributed by atoms with Crippen LogP contribution < -0.4 is 5.73 Å². The van der Waals surface area contributed by atoms with E-state index in [4.69, 9.17) is 10.5 Å². The number of rotatable bonds is 4. The first kappa shape index (κ1) is 15.5. The largest absolute Gasteiger partial charge is 0.493 e. The standard InChI is InChI=1S/C15H23NO3/c1-6-9(3)11-10(8-16)13(17)15(4,7-2)14(18)12(11)19-5/h8-9H,6-7,16H2,1-5H3/b10-8-/t9-,15-/m0/s1. The van der Waals surface area contributed by atoms with E-state index in [-0.39, 0.29) is 23.2 Å². The van der Waals surface area contributed by atoms with Crippen LogP contribution >= 0.6 is 0 Å². The number of Topliss-reactive ketones (excluding diaryl/α,β-unsaturated/α-hetero) is 2. The lowest BCUT2D eigenvalue weighted by atomic mass is 9.67.